The van der Waals surface area contributed by atoms with E-state index in [4.69, 9.17) is 4.74 Å². The highest BCUT2D eigenvalue weighted by Gasteiger charge is 2.16. The number of para-hydroxylation sites is 2. The van der Waals surface area contributed by atoms with Crippen LogP contribution in [-0.2, 0) is 0 Å². The Morgan fingerprint density at radius 2 is 1.82 bits per heavy atom. The third-order valence-corrected chi connectivity index (χ3v) is 5.14. The summed E-state index contributed by atoms with van der Waals surface area (Å²) in [5.41, 5.74) is 0.929. The molecule has 0 bridgehead atoms. The lowest BCUT2D eigenvalue weighted by atomic mass is 10.3. The molecule has 4 aromatic rings. The Balaban J connectivity index is 1.55. The highest BCUT2D eigenvalue weighted by atomic mass is 32.2. The van der Waals surface area contributed by atoms with E-state index in [2.05, 4.69) is 15.2 Å². The van der Waals surface area contributed by atoms with E-state index in [1.165, 1.54) is 22.5 Å². The molecule has 142 valence electrons. The quantitative estimate of drug-likeness (QED) is 0.370. The number of fused-ring (bicyclic) bond motifs is 1. The van der Waals surface area contributed by atoms with Crippen LogP contribution in [-0.4, -0.2) is 43.3 Å². The molecule has 0 aliphatic carbocycles. The summed E-state index contributed by atoms with van der Waals surface area (Å²) >= 11 is 1.29. The number of rotatable bonds is 7. The SMILES string of the molecule is O=c1c2cn[nH]c2nc(SC[C@@H](O)COc2ccccc2)n1-c1ccccc1. The summed E-state index contributed by atoms with van der Waals surface area (Å²) in [4.78, 5) is 17.4. The van der Waals surface area contributed by atoms with Gasteiger partial charge in [0.1, 0.15) is 17.7 Å². The van der Waals surface area contributed by atoms with Crippen molar-refractivity contribution < 1.29 is 9.84 Å². The average Bonchev–Trinajstić information content (AvgIpc) is 3.21. The minimum absolute atomic E-state index is 0.152. The summed E-state index contributed by atoms with van der Waals surface area (Å²) in [6, 6.07) is 18.6. The van der Waals surface area contributed by atoms with Crippen molar-refractivity contribution in [3.05, 3.63) is 77.2 Å². The molecule has 0 saturated heterocycles. The first-order valence-electron chi connectivity index (χ1n) is 8.72. The standard InChI is InChI=1S/C20H18N4O3S/c25-15(12-27-16-9-5-2-6-10-16)13-28-20-22-18-17(11-21-23-18)19(26)24(20)14-7-3-1-4-8-14/h1-11,15,25H,12-13H2,(H,21,23)/t15-/m0/s1. The van der Waals surface area contributed by atoms with Crippen LogP contribution in [0.3, 0.4) is 0 Å². The fraction of sp³-hybridized carbons (Fsp3) is 0.150. The number of nitrogens with zero attached hydrogens (tertiary/aromatic N) is 3. The Kier molecular flexibility index (Phi) is 5.41. The summed E-state index contributed by atoms with van der Waals surface area (Å²) in [6.07, 6.45) is 0.755. The van der Waals surface area contributed by atoms with Gasteiger partial charge in [0.05, 0.1) is 18.0 Å². The van der Waals surface area contributed by atoms with Crippen molar-refractivity contribution in [2.24, 2.45) is 0 Å². The van der Waals surface area contributed by atoms with Crippen molar-refractivity contribution >= 4 is 22.8 Å². The first-order chi connectivity index (χ1) is 13.7. The van der Waals surface area contributed by atoms with E-state index in [-0.39, 0.29) is 12.2 Å². The van der Waals surface area contributed by atoms with Crippen LogP contribution in [0.4, 0.5) is 0 Å². The highest BCUT2D eigenvalue weighted by Crippen LogP contribution is 2.21. The Labute approximate surface area is 165 Å². The lowest BCUT2D eigenvalue weighted by Gasteiger charge is -2.14. The topological polar surface area (TPSA) is 93.0 Å². The van der Waals surface area contributed by atoms with Crippen LogP contribution in [0.2, 0.25) is 0 Å². The molecule has 0 fully saturated rings. The summed E-state index contributed by atoms with van der Waals surface area (Å²) in [6.45, 7) is 0.152. The summed E-state index contributed by atoms with van der Waals surface area (Å²) in [5, 5.41) is 17.8. The molecule has 0 aliphatic heterocycles. The van der Waals surface area contributed by atoms with E-state index < -0.39 is 6.10 Å². The molecule has 7 nitrogen and oxygen atoms in total. The number of aromatic nitrogens is 4. The van der Waals surface area contributed by atoms with Gasteiger partial charge in [0.25, 0.3) is 5.56 Å². The molecular formula is C20H18N4O3S. The van der Waals surface area contributed by atoms with E-state index in [0.717, 1.165) is 0 Å². The summed E-state index contributed by atoms with van der Waals surface area (Å²) in [7, 11) is 0. The molecule has 2 aromatic carbocycles. The Morgan fingerprint density at radius 1 is 1.11 bits per heavy atom. The number of thioether (sulfide) groups is 1. The van der Waals surface area contributed by atoms with Gasteiger partial charge >= 0.3 is 0 Å². The monoisotopic (exact) mass is 394 g/mol. The van der Waals surface area contributed by atoms with Crippen LogP contribution in [0.25, 0.3) is 16.7 Å². The maximum atomic E-state index is 12.9. The van der Waals surface area contributed by atoms with Gasteiger partial charge in [0, 0.05) is 5.75 Å². The molecule has 1 atom stereocenters. The van der Waals surface area contributed by atoms with Gasteiger partial charge in [-0.3, -0.25) is 14.5 Å². The van der Waals surface area contributed by atoms with E-state index in [0.29, 0.717) is 33.4 Å². The molecule has 2 aromatic heterocycles. The number of aliphatic hydroxyl groups is 1. The second-order valence-electron chi connectivity index (χ2n) is 6.09. The van der Waals surface area contributed by atoms with Crippen LogP contribution < -0.4 is 10.3 Å². The van der Waals surface area contributed by atoms with E-state index >= 15 is 0 Å². The van der Waals surface area contributed by atoms with Gasteiger partial charge < -0.3 is 9.84 Å². The van der Waals surface area contributed by atoms with Crippen LogP contribution in [0.15, 0.2) is 76.8 Å². The Bertz CT molecular complexity index is 1110. The van der Waals surface area contributed by atoms with Crippen molar-refractivity contribution in [1.29, 1.82) is 0 Å². The van der Waals surface area contributed by atoms with Crippen LogP contribution in [0.1, 0.15) is 0 Å². The average molecular weight is 394 g/mol. The molecule has 0 amide bonds. The van der Waals surface area contributed by atoms with Gasteiger partial charge in [0.2, 0.25) is 0 Å². The van der Waals surface area contributed by atoms with Crippen molar-refractivity contribution in [3.63, 3.8) is 0 Å². The maximum absolute atomic E-state index is 12.9. The van der Waals surface area contributed by atoms with Crippen molar-refractivity contribution in [1.82, 2.24) is 19.7 Å². The third kappa shape index (κ3) is 3.92. The van der Waals surface area contributed by atoms with Crippen molar-refractivity contribution in [3.8, 4) is 11.4 Å². The Morgan fingerprint density at radius 3 is 2.57 bits per heavy atom. The molecule has 0 unspecified atom stereocenters. The normalized spacial score (nSPS) is 12.2. The summed E-state index contributed by atoms with van der Waals surface area (Å²) < 4.78 is 7.12. The molecule has 0 aliphatic rings. The first kappa shape index (κ1) is 18.3. The zero-order chi connectivity index (χ0) is 19.3. The molecule has 2 heterocycles. The molecule has 8 heteroatoms. The van der Waals surface area contributed by atoms with Crippen LogP contribution in [0.5, 0.6) is 5.75 Å². The number of hydrogen-bond acceptors (Lipinski definition) is 6. The smallest absolute Gasteiger partial charge is 0.269 e. The molecule has 4 rings (SSSR count). The van der Waals surface area contributed by atoms with Crippen LogP contribution in [0, 0.1) is 0 Å². The van der Waals surface area contributed by atoms with Gasteiger partial charge in [-0.2, -0.15) is 5.10 Å². The van der Waals surface area contributed by atoms with Crippen molar-refractivity contribution in [2.45, 2.75) is 11.3 Å². The number of hydrogen-bond donors (Lipinski definition) is 2. The van der Waals surface area contributed by atoms with Gasteiger partial charge in [0.15, 0.2) is 10.8 Å². The van der Waals surface area contributed by atoms with Gasteiger partial charge in [-0.25, -0.2) is 4.98 Å². The van der Waals surface area contributed by atoms with Crippen LogP contribution >= 0.6 is 11.8 Å². The molecule has 0 spiro atoms. The fourth-order valence-corrected chi connectivity index (χ4v) is 3.61. The summed E-state index contributed by atoms with van der Waals surface area (Å²) in [5.74, 6) is 1.02. The second kappa shape index (κ2) is 8.28. The van der Waals surface area contributed by atoms with E-state index in [9.17, 15) is 9.90 Å². The minimum Gasteiger partial charge on any atom is -0.491 e. The third-order valence-electron chi connectivity index (χ3n) is 4.06. The molecular weight excluding hydrogens is 376 g/mol. The molecule has 2 N–H and O–H groups in total. The number of H-pyrrole nitrogens is 1. The number of benzene rings is 2. The fourth-order valence-electron chi connectivity index (χ4n) is 2.70. The molecule has 0 radical (unpaired) electrons. The predicted molar refractivity (Wildman–Crippen MR) is 108 cm³/mol. The second-order valence-corrected chi connectivity index (χ2v) is 7.08. The lowest BCUT2D eigenvalue weighted by molar-refractivity contribution is 0.126. The largest absolute Gasteiger partial charge is 0.491 e. The van der Waals surface area contributed by atoms with Crippen molar-refractivity contribution in [2.75, 3.05) is 12.4 Å². The highest BCUT2D eigenvalue weighted by molar-refractivity contribution is 7.99. The number of ether oxygens (including phenoxy) is 1. The lowest BCUT2D eigenvalue weighted by Crippen LogP contribution is -2.24. The number of nitrogens with one attached hydrogen (secondary N) is 1. The van der Waals surface area contributed by atoms with E-state index in [1.54, 1.807) is 0 Å². The number of aliphatic hydroxyl groups excluding tert-OH is 1. The Hall–Kier alpha value is -3.10. The zero-order valence-electron chi connectivity index (χ0n) is 14.9. The zero-order valence-corrected chi connectivity index (χ0v) is 15.7. The molecule has 28 heavy (non-hydrogen) atoms. The predicted octanol–water partition coefficient (Wildman–Crippen LogP) is 2.64. The molecule has 0 saturated carbocycles. The number of aromatic amines is 1. The minimum atomic E-state index is -0.719. The van der Waals surface area contributed by atoms with Gasteiger partial charge in [-0.15, -0.1) is 0 Å². The maximum Gasteiger partial charge on any atom is 0.269 e. The van der Waals surface area contributed by atoms with Gasteiger partial charge in [-0.05, 0) is 24.3 Å². The van der Waals surface area contributed by atoms with E-state index in [1.807, 2.05) is 60.7 Å². The van der Waals surface area contributed by atoms with Gasteiger partial charge in [-0.1, -0.05) is 48.2 Å². The first-order valence-corrected chi connectivity index (χ1v) is 9.71.